The molecular formula is C18H18N2O4. The highest BCUT2D eigenvalue weighted by Crippen LogP contribution is 2.19. The Labute approximate surface area is 138 Å². The van der Waals surface area contributed by atoms with E-state index in [1.165, 1.54) is 6.07 Å². The molecule has 6 heteroatoms. The van der Waals surface area contributed by atoms with Crippen LogP contribution in [0, 0.1) is 5.92 Å². The first-order chi connectivity index (χ1) is 11.6. The molecule has 24 heavy (non-hydrogen) atoms. The third-order valence-corrected chi connectivity index (χ3v) is 4.36. The van der Waals surface area contributed by atoms with Gasteiger partial charge in [-0.1, -0.05) is 30.3 Å². The van der Waals surface area contributed by atoms with Crippen molar-refractivity contribution in [2.24, 2.45) is 5.92 Å². The molecule has 0 unspecified atom stereocenters. The Balaban J connectivity index is 1.77. The quantitative estimate of drug-likeness (QED) is 0.902. The maximum Gasteiger partial charge on any atom is 0.306 e. The molecule has 6 nitrogen and oxygen atoms in total. The van der Waals surface area contributed by atoms with Crippen LogP contribution in [0.1, 0.15) is 23.2 Å². The van der Waals surface area contributed by atoms with E-state index in [1.807, 2.05) is 30.3 Å². The van der Waals surface area contributed by atoms with Gasteiger partial charge in [-0.3, -0.25) is 14.4 Å². The number of pyridine rings is 1. The van der Waals surface area contributed by atoms with Gasteiger partial charge in [0.15, 0.2) is 0 Å². The fourth-order valence-corrected chi connectivity index (χ4v) is 2.93. The van der Waals surface area contributed by atoms with Crippen molar-refractivity contribution < 1.29 is 14.7 Å². The number of H-pyrrole nitrogens is 1. The number of hydrogen-bond acceptors (Lipinski definition) is 3. The number of nitrogens with one attached hydrogen (secondary N) is 1. The van der Waals surface area contributed by atoms with Crippen LogP contribution in [-0.2, 0) is 4.79 Å². The van der Waals surface area contributed by atoms with E-state index in [0.29, 0.717) is 31.6 Å². The van der Waals surface area contributed by atoms with Crippen LogP contribution in [0.2, 0.25) is 0 Å². The lowest BCUT2D eigenvalue weighted by Crippen LogP contribution is -2.42. The predicted molar refractivity (Wildman–Crippen MR) is 88.8 cm³/mol. The van der Waals surface area contributed by atoms with Crippen molar-refractivity contribution in [1.29, 1.82) is 0 Å². The molecule has 1 fully saturated rings. The summed E-state index contributed by atoms with van der Waals surface area (Å²) in [6, 6.07) is 12.6. The van der Waals surface area contributed by atoms with Crippen molar-refractivity contribution >= 4 is 11.9 Å². The molecule has 124 valence electrons. The van der Waals surface area contributed by atoms with Gasteiger partial charge in [0.2, 0.25) is 0 Å². The Bertz CT molecular complexity index is 805. The Morgan fingerprint density at radius 3 is 2.29 bits per heavy atom. The van der Waals surface area contributed by atoms with Crippen molar-refractivity contribution in [1.82, 2.24) is 9.88 Å². The second-order valence-electron chi connectivity index (χ2n) is 5.89. The van der Waals surface area contributed by atoms with Crippen LogP contribution in [0.5, 0.6) is 0 Å². The van der Waals surface area contributed by atoms with Gasteiger partial charge in [0.1, 0.15) is 5.56 Å². The van der Waals surface area contributed by atoms with E-state index >= 15 is 0 Å². The second kappa shape index (κ2) is 6.70. The first-order valence-electron chi connectivity index (χ1n) is 7.87. The number of amides is 1. The number of aromatic amines is 1. The number of aromatic nitrogens is 1. The van der Waals surface area contributed by atoms with E-state index in [1.54, 1.807) is 11.0 Å². The number of nitrogens with zero attached hydrogens (tertiary/aromatic N) is 1. The maximum atomic E-state index is 12.5. The van der Waals surface area contributed by atoms with Crippen molar-refractivity contribution in [2.75, 3.05) is 13.1 Å². The highest BCUT2D eigenvalue weighted by atomic mass is 16.4. The molecule has 2 N–H and O–H groups in total. The second-order valence-corrected chi connectivity index (χ2v) is 5.89. The minimum Gasteiger partial charge on any atom is -0.481 e. The van der Waals surface area contributed by atoms with Gasteiger partial charge in [-0.25, -0.2) is 0 Å². The van der Waals surface area contributed by atoms with Crippen molar-refractivity contribution in [3.63, 3.8) is 0 Å². The zero-order valence-corrected chi connectivity index (χ0v) is 13.1. The molecule has 1 aromatic heterocycles. The average Bonchev–Trinajstić information content (AvgIpc) is 2.62. The molecule has 0 radical (unpaired) electrons. The van der Waals surface area contributed by atoms with Crippen LogP contribution >= 0.6 is 0 Å². The van der Waals surface area contributed by atoms with Gasteiger partial charge >= 0.3 is 5.97 Å². The number of aliphatic carboxylic acids is 1. The monoisotopic (exact) mass is 326 g/mol. The van der Waals surface area contributed by atoms with Gasteiger partial charge in [0, 0.05) is 18.8 Å². The van der Waals surface area contributed by atoms with Gasteiger partial charge < -0.3 is 15.0 Å². The number of carbonyl (C=O) groups is 2. The SMILES string of the molecule is O=C(O)C1CCN(C(=O)c2ccc(-c3ccccc3)[nH]c2=O)CC1. The average molecular weight is 326 g/mol. The Morgan fingerprint density at radius 2 is 1.71 bits per heavy atom. The smallest absolute Gasteiger partial charge is 0.306 e. The van der Waals surface area contributed by atoms with Crippen LogP contribution in [0.15, 0.2) is 47.3 Å². The van der Waals surface area contributed by atoms with Crippen molar-refractivity contribution in [3.8, 4) is 11.3 Å². The zero-order valence-electron chi connectivity index (χ0n) is 13.1. The van der Waals surface area contributed by atoms with E-state index < -0.39 is 17.4 Å². The summed E-state index contributed by atoms with van der Waals surface area (Å²) in [4.78, 5) is 40.0. The summed E-state index contributed by atoms with van der Waals surface area (Å²) in [7, 11) is 0. The molecule has 0 bridgehead atoms. The highest BCUT2D eigenvalue weighted by molar-refractivity contribution is 5.94. The molecule has 2 heterocycles. The van der Waals surface area contributed by atoms with E-state index in [0.717, 1.165) is 5.56 Å². The number of carbonyl (C=O) groups excluding carboxylic acids is 1. The fraction of sp³-hybridized carbons (Fsp3) is 0.278. The summed E-state index contributed by atoms with van der Waals surface area (Å²) in [5.41, 5.74) is 1.18. The maximum absolute atomic E-state index is 12.5. The van der Waals surface area contributed by atoms with E-state index in [4.69, 9.17) is 5.11 Å². The molecule has 1 saturated heterocycles. The summed E-state index contributed by atoms with van der Waals surface area (Å²) in [5, 5.41) is 9.00. The van der Waals surface area contributed by atoms with Gasteiger partial charge in [0.25, 0.3) is 11.5 Å². The van der Waals surface area contributed by atoms with Crippen LogP contribution < -0.4 is 5.56 Å². The summed E-state index contributed by atoms with van der Waals surface area (Å²) in [5.74, 6) is -1.58. The summed E-state index contributed by atoms with van der Waals surface area (Å²) in [6.07, 6.45) is 0.835. The number of rotatable bonds is 3. The molecule has 0 atom stereocenters. The van der Waals surface area contributed by atoms with Gasteiger partial charge in [-0.05, 0) is 30.5 Å². The third-order valence-electron chi connectivity index (χ3n) is 4.36. The van der Waals surface area contributed by atoms with E-state index in [-0.39, 0.29) is 11.5 Å². The lowest BCUT2D eigenvalue weighted by Gasteiger charge is -2.29. The molecule has 0 aliphatic carbocycles. The standard InChI is InChI=1S/C18H18N2O4/c21-16-14(6-7-15(19-16)12-4-2-1-3-5-12)17(22)20-10-8-13(9-11-20)18(23)24/h1-7,13H,8-11H2,(H,19,21)(H,23,24). The Kier molecular flexibility index (Phi) is 4.46. The lowest BCUT2D eigenvalue weighted by molar-refractivity contribution is -0.143. The van der Waals surface area contributed by atoms with Gasteiger partial charge in [0.05, 0.1) is 5.92 Å². The summed E-state index contributed by atoms with van der Waals surface area (Å²) < 4.78 is 0. The Morgan fingerprint density at radius 1 is 1.04 bits per heavy atom. The Hall–Kier alpha value is -2.89. The van der Waals surface area contributed by atoms with Crippen LogP contribution in [0.25, 0.3) is 11.3 Å². The highest BCUT2D eigenvalue weighted by Gasteiger charge is 2.28. The van der Waals surface area contributed by atoms with Crippen molar-refractivity contribution in [3.05, 3.63) is 58.4 Å². The zero-order chi connectivity index (χ0) is 17.1. The number of likely N-dealkylation sites (tertiary alicyclic amines) is 1. The van der Waals surface area contributed by atoms with Gasteiger partial charge in [-0.2, -0.15) is 0 Å². The van der Waals surface area contributed by atoms with Crippen molar-refractivity contribution in [2.45, 2.75) is 12.8 Å². The summed E-state index contributed by atoms with van der Waals surface area (Å²) in [6.45, 7) is 0.714. The minimum atomic E-state index is -0.827. The van der Waals surface area contributed by atoms with Crippen LogP contribution in [0.3, 0.4) is 0 Å². The molecule has 0 spiro atoms. The molecule has 1 amide bonds. The topological polar surface area (TPSA) is 90.5 Å². The first-order valence-corrected chi connectivity index (χ1v) is 7.87. The number of hydrogen-bond donors (Lipinski definition) is 2. The molecule has 0 saturated carbocycles. The third kappa shape index (κ3) is 3.22. The minimum absolute atomic E-state index is 0.0865. The molecule has 1 aliphatic rings. The van der Waals surface area contributed by atoms with E-state index in [9.17, 15) is 14.4 Å². The number of benzene rings is 1. The first kappa shape index (κ1) is 16.0. The number of carboxylic acid groups (broad SMARTS) is 1. The molecule has 1 aliphatic heterocycles. The molecule has 1 aromatic carbocycles. The number of carboxylic acids is 1. The summed E-state index contributed by atoms with van der Waals surface area (Å²) >= 11 is 0. The lowest BCUT2D eigenvalue weighted by atomic mass is 9.96. The molecule has 2 aromatic rings. The fourth-order valence-electron chi connectivity index (χ4n) is 2.93. The normalized spacial score (nSPS) is 15.2. The van der Waals surface area contributed by atoms with E-state index in [2.05, 4.69) is 4.98 Å². The largest absolute Gasteiger partial charge is 0.481 e. The molecule has 3 rings (SSSR count). The number of piperidine rings is 1. The molecular weight excluding hydrogens is 308 g/mol. The predicted octanol–water partition coefficient (Wildman–Crippen LogP) is 1.98. The van der Waals surface area contributed by atoms with Crippen LogP contribution in [-0.4, -0.2) is 40.0 Å². The van der Waals surface area contributed by atoms with Crippen LogP contribution in [0.4, 0.5) is 0 Å². The van der Waals surface area contributed by atoms with Gasteiger partial charge in [-0.15, -0.1) is 0 Å².